The molecule has 0 saturated heterocycles. The topological polar surface area (TPSA) is 47.3 Å². The van der Waals surface area contributed by atoms with Gasteiger partial charge >= 0.3 is 0 Å². The molecule has 3 nitrogen and oxygen atoms in total. The maximum Gasteiger partial charge on any atom is 0.0579 e. The Morgan fingerprint density at radius 3 is 2.87 bits per heavy atom. The molecule has 1 rings (SSSR count). The summed E-state index contributed by atoms with van der Waals surface area (Å²) in [4.78, 5) is 0. The van der Waals surface area contributed by atoms with E-state index in [1.165, 1.54) is 0 Å². The number of aryl methyl sites for hydroxylation is 1. The SMILES string of the molecule is COCCCCNc1cccc(C)c1N. The summed E-state index contributed by atoms with van der Waals surface area (Å²) in [7, 11) is 1.73. The molecular weight excluding hydrogens is 188 g/mol. The number of anilines is 2. The molecule has 3 N–H and O–H groups in total. The lowest BCUT2D eigenvalue weighted by Gasteiger charge is -2.10. The number of ether oxygens (including phenoxy) is 1. The number of unbranched alkanes of at least 4 members (excludes halogenated alkanes) is 1. The summed E-state index contributed by atoms with van der Waals surface area (Å²) in [5, 5.41) is 3.33. The molecule has 0 amide bonds. The Balaban J connectivity index is 2.34. The standard InChI is InChI=1S/C12H20N2O/c1-10-6-5-7-11(12(10)13)14-8-3-4-9-15-2/h5-7,14H,3-4,8-9,13H2,1-2H3. The highest BCUT2D eigenvalue weighted by Crippen LogP contribution is 2.21. The third-order valence-corrected chi connectivity index (χ3v) is 2.41. The normalized spacial score (nSPS) is 10.3. The fraction of sp³-hybridized carbons (Fsp3) is 0.500. The molecule has 0 aliphatic carbocycles. The minimum atomic E-state index is 0.824. The second-order valence-electron chi connectivity index (χ2n) is 3.66. The molecule has 0 atom stereocenters. The Bertz CT molecular complexity index is 300. The van der Waals surface area contributed by atoms with Gasteiger partial charge in [0.15, 0.2) is 0 Å². The first-order valence-electron chi connectivity index (χ1n) is 5.33. The summed E-state index contributed by atoms with van der Waals surface area (Å²) < 4.78 is 4.98. The molecule has 15 heavy (non-hydrogen) atoms. The Kier molecular flexibility index (Phi) is 4.98. The van der Waals surface area contributed by atoms with Crippen molar-refractivity contribution in [3.8, 4) is 0 Å². The van der Waals surface area contributed by atoms with E-state index in [0.29, 0.717) is 0 Å². The molecule has 0 saturated carbocycles. The summed E-state index contributed by atoms with van der Waals surface area (Å²) >= 11 is 0. The quantitative estimate of drug-likeness (QED) is 0.557. The maximum absolute atomic E-state index is 5.94. The Hall–Kier alpha value is -1.22. The van der Waals surface area contributed by atoms with Crippen LogP contribution in [0.4, 0.5) is 11.4 Å². The van der Waals surface area contributed by atoms with Crippen LogP contribution >= 0.6 is 0 Å². The molecule has 3 heteroatoms. The molecule has 84 valence electrons. The molecule has 0 aromatic heterocycles. The fourth-order valence-electron chi connectivity index (χ4n) is 1.43. The number of methoxy groups -OCH3 is 1. The third-order valence-electron chi connectivity index (χ3n) is 2.41. The van der Waals surface area contributed by atoms with Crippen LogP contribution in [0.25, 0.3) is 0 Å². The number of rotatable bonds is 6. The summed E-state index contributed by atoms with van der Waals surface area (Å²) in [5.74, 6) is 0. The van der Waals surface area contributed by atoms with Gasteiger partial charge in [0.2, 0.25) is 0 Å². The van der Waals surface area contributed by atoms with E-state index in [1.807, 2.05) is 25.1 Å². The molecule has 0 radical (unpaired) electrons. The first kappa shape index (κ1) is 11.9. The number of hydrogen-bond acceptors (Lipinski definition) is 3. The van der Waals surface area contributed by atoms with Crippen molar-refractivity contribution in [2.45, 2.75) is 19.8 Å². The van der Waals surface area contributed by atoms with E-state index >= 15 is 0 Å². The second-order valence-corrected chi connectivity index (χ2v) is 3.66. The number of benzene rings is 1. The van der Waals surface area contributed by atoms with Crippen molar-refractivity contribution in [3.63, 3.8) is 0 Å². The van der Waals surface area contributed by atoms with Gasteiger partial charge in [0.05, 0.1) is 11.4 Å². The minimum Gasteiger partial charge on any atom is -0.397 e. The van der Waals surface area contributed by atoms with Gasteiger partial charge in [-0.15, -0.1) is 0 Å². The van der Waals surface area contributed by atoms with Crippen LogP contribution in [0, 0.1) is 6.92 Å². The van der Waals surface area contributed by atoms with E-state index in [1.54, 1.807) is 7.11 Å². The molecule has 1 aromatic rings. The predicted molar refractivity (Wildman–Crippen MR) is 65.2 cm³/mol. The Morgan fingerprint density at radius 2 is 2.13 bits per heavy atom. The average molecular weight is 208 g/mol. The maximum atomic E-state index is 5.94. The van der Waals surface area contributed by atoms with Crippen molar-refractivity contribution in [3.05, 3.63) is 23.8 Å². The number of nitrogens with two attached hydrogens (primary N) is 1. The number of nitrogen functional groups attached to an aromatic ring is 1. The van der Waals surface area contributed by atoms with Gasteiger partial charge in [-0.1, -0.05) is 12.1 Å². The third kappa shape index (κ3) is 3.80. The van der Waals surface area contributed by atoms with Gasteiger partial charge in [-0.3, -0.25) is 0 Å². The van der Waals surface area contributed by atoms with E-state index in [-0.39, 0.29) is 0 Å². The van der Waals surface area contributed by atoms with Crippen LogP contribution in [-0.2, 0) is 4.74 Å². The van der Waals surface area contributed by atoms with Gasteiger partial charge in [0, 0.05) is 20.3 Å². The Morgan fingerprint density at radius 1 is 1.33 bits per heavy atom. The molecule has 0 heterocycles. The first-order chi connectivity index (χ1) is 7.25. The zero-order chi connectivity index (χ0) is 11.1. The van der Waals surface area contributed by atoms with Gasteiger partial charge in [-0.25, -0.2) is 0 Å². The predicted octanol–water partition coefficient (Wildman–Crippen LogP) is 2.42. The van der Waals surface area contributed by atoms with Crippen LogP contribution in [0.3, 0.4) is 0 Å². The van der Waals surface area contributed by atoms with Crippen molar-refractivity contribution in [1.82, 2.24) is 0 Å². The summed E-state index contributed by atoms with van der Waals surface area (Å²) in [6.45, 7) is 3.79. The molecule has 0 aliphatic rings. The molecule has 0 unspecified atom stereocenters. The summed E-state index contributed by atoms with van der Waals surface area (Å²) in [5.41, 5.74) is 8.94. The zero-order valence-corrected chi connectivity index (χ0v) is 9.55. The van der Waals surface area contributed by atoms with Crippen molar-refractivity contribution >= 4 is 11.4 Å². The van der Waals surface area contributed by atoms with E-state index in [2.05, 4.69) is 5.32 Å². The number of nitrogens with one attached hydrogen (secondary N) is 1. The van der Waals surface area contributed by atoms with E-state index in [9.17, 15) is 0 Å². The van der Waals surface area contributed by atoms with Crippen LogP contribution < -0.4 is 11.1 Å². The molecule has 0 aliphatic heterocycles. The lowest BCUT2D eigenvalue weighted by atomic mass is 10.1. The van der Waals surface area contributed by atoms with Crippen molar-refractivity contribution in [2.75, 3.05) is 31.3 Å². The largest absolute Gasteiger partial charge is 0.397 e. The Labute approximate surface area is 91.6 Å². The van der Waals surface area contributed by atoms with Gasteiger partial charge in [-0.2, -0.15) is 0 Å². The molecule has 0 bridgehead atoms. The van der Waals surface area contributed by atoms with Crippen molar-refractivity contribution in [1.29, 1.82) is 0 Å². The molecular formula is C12H20N2O. The van der Waals surface area contributed by atoms with Crippen molar-refractivity contribution in [2.24, 2.45) is 0 Å². The van der Waals surface area contributed by atoms with Crippen LogP contribution in [0.5, 0.6) is 0 Å². The van der Waals surface area contributed by atoms with E-state index in [0.717, 1.165) is 42.9 Å². The van der Waals surface area contributed by atoms with Crippen LogP contribution in [0.1, 0.15) is 18.4 Å². The van der Waals surface area contributed by atoms with E-state index in [4.69, 9.17) is 10.5 Å². The number of hydrogen-bond donors (Lipinski definition) is 2. The van der Waals surface area contributed by atoms with E-state index < -0.39 is 0 Å². The highest BCUT2D eigenvalue weighted by atomic mass is 16.5. The first-order valence-corrected chi connectivity index (χ1v) is 5.33. The smallest absolute Gasteiger partial charge is 0.0579 e. The van der Waals surface area contributed by atoms with Crippen LogP contribution in [0.2, 0.25) is 0 Å². The molecule has 0 fully saturated rings. The fourth-order valence-corrected chi connectivity index (χ4v) is 1.43. The summed E-state index contributed by atoms with van der Waals surface area (Å²) in [6, 6.07) is 6.05. The zero-order valence-electron chi connectivity index (χ0n) is 9.55. The highest BCUT2D eigenvalue weighted by molar-refractivity contribution is 5.69. The van der Waals surface area contributed by atoms with Gasteiger partial charge < -0.3 is 15.8 Å². The van der Waals surface area contributed by atoms with Crippen LogP contribution in [0.15, 0.2) is 18.2 Å². The summed E-state index contributed by atoms with van der Waals surface area (Å²) in [6.07, 6.45) is 2.18. The monoisotopic (exact) mass is 208 g/mol. The second kappa shape index (κ2) is 6.30. The lowest BCUT2D eigenvalue weighted by Crippen LogP contribution is -2.05. The number of para-hydroxylation sites is 1. The van der Waals surface area contributed by atoms with Gasteiger partial charge in [0.25, 0.3) is 0 Å². The van der Waals surface area contributed by atoms with Gasteiger partial charge in [0.1, 0.15) is 0 Å². The molecule has 0 spiro atoms. The van der Waals surface area contributed by atoms with Crippen molar-refractivity contribution < 1.29 is 4.74 Å². The average Bonchev–Trinajstić information content (AvgIpc) is 2.24. The van der Waals surface area contributed by atoms with Gasteiger partial charge in [-0.05, 0) is 31.4 Å². The minimum absolute atomic E-state index is 0.824. The molecule has 1 aromatic carbocycles. The van der Waals surface area contributed by atoms with Crippen LogP contribution in [-0.4, -0.2) is 20.3 Å². The highest BCUT2D eigenvalue weighted by Gasteiger charge is 1.99. The lowest BCUT2D eigenvalue weighted by molar-refractivity contribution is 0.194.